The maximum Gasteiger partial charge on any atom is 0.0603 e. The fourth-order valence-corrected chi connectivity index (χ4v) is 2.69. The van der Waals surface area contributed by atoms with Crippen LogP contribution in [0.4, 0.5) is 0 Å². The third-order valence-electron chi connectivity index (χ3n) is 3.22. The lowest BCUT2D eigenvalue weighted by atomic mass is 9.85. The molecule has 0 aliphatic heterocycles. The van der Waals surface area contributed by atoms with Crippen LogP contribution in [0.15, 0.2) is 0 Å². The number of rotatable bonds is 6. The summed E-state index contributed by atoms with van der Waals surface area (Å²) in [6, 6.07) is 0. The minimum Gasteiger partial charge on any atom is -0.378 e. The van der Waals surface area contributed by atoms with Gasteiger partial charge in [-0.25, -0.2) is 0 Å². The zero-order valence-electron chi connectivity index (χ0n) is 9.30. The molecular weight excluding hydrogens is 240 g/mol. The molecule has 2 heteroatoms. The second-order valence-electron chi connectivity index (χ2n) is 4.26. The van der Waals surface area contributed by atoms with Crippen molar-refractivity contribution >= 4 is 15.9 Å². The molecule has 1 saturated carbocycles. The van der Waals surface area contributed by atoms with Crippen molar-refractivity contribution in [3.05, 3.63) is 0 Å². The van der Waals surface area contributed by atoms with Crippen molar-refractivity contribution in [2.24, 2.45) is 5.92 Å². The molecule has 0 heterocycles. The second-order valence-corrected chi connectivity index (χ2v) is 5.05. The van der Waals surface area contributed by atoms with E-state index in [4.69, 9.17) is 4.74 Å². The molecule has 0 aromatic carbocycles. The van der Waals surface area contributed by atoms with Gasteiger partial charge in [0.25, 0.3) is 0 Å². The fraction of sp³-hybridized carbons (Fsp3) is 1.00. The summed E-state index contributed by atoms with van der Waals surface area (Å²) >= 11 is 3.45. The molecule has 1 fully saturated rings. The van der Waals surface area contributed by atoms with Gasteiger partial charge < -0.3 is 4.74 Å². The largest absolute Gasteiger partial charge is 0.378 e. The Bertz CT molecular complexity index is 138. The van der Waals surface area contributed by atoms with Crippen LogP contribution >= 0.6 is 15.9 Å². The van der Waals surface area contributed by atoms with Crippen LogP contribution in [0.5, 0.6) is 0 Å². The molecule has 0 radical (unpaired) electrons. The normalized spacial score (nSPS) is 27.9. The van der Waals surface area contributed by atoms with E-state index in [1.165, 1.54) is 44.9 Å². The van der Waals surface area contributed by atoms with E-state index in [1.54, 1.807) is 0 Å². The summed E-state index contributed by atoms with van der Waals surface area (Å²) in [5, 5.41) is 1.11. The molecule has 2 unspecified atom stereocenters. The van der Waals surface area contributed by atoms with Crippen LogP contribution in [0.25, 0.3) is 0 Å². The summed E-state index contributed by atoms with van der Waals surface area (Å²) in [5.74, 6) is 0.840. The Balaban J connectivity index is 2.13. The predicted octanol–water partition coefficient (Wildman–Crippen LogP) is 4.15. The van der Waals surface area contributed by atoms with Gasteiger partial charge in [0, 0.05) is 11.9 Å². The molecule has 0 saturated heterocycles. The Morgan fingerprint density at radius 3 is 2.71 bits per heavy atom. The van der Waals surface area contributed by atoms with Crippen molar-refractivity contribution in [2.75, 3.05) is 11.9 Å². The van der Waals surface area contributed by atoms with Crippen LogP contribution in [0, 0.1) is 5.92 Å². The highest BCUT2D eigenvalue weighted by molar-refractivity contribution is 9.09. The van der Waals surface area contributed by atoms with Gasteiger partial charge in [-0.2, -0.15) is 0 Å². The highest BCUT2D eigenvalue weighted by atomic mass is 79.9. The number of ether oxygens (including phenoxy) is 1. The monoisotopic (exact) mass is 262 g/mol. The number of hydrogen-bond donors (Lipinski definition) is 0. The van der Waals surface area contributed by atoms with Gasteiger partial charge >= 0.3 is 0 Å². The topological polar surface area (TPSA) is 9.23 Å². The van der Waals surface area contributed by atoms with Gasteiger partial charge in [-0.15, -0.1) is 0 Å². The summed E-state index contributed by atoms with van der Waals surface area (Å²) in [7, 11) is 0. The average molecular weight is 263 g/mol. The summed E-state index contributed by atoms with van der Waals surface area (Å²) in [6.07, 6.45) is 9.79. The van der Waals surface area contributed by atoms with Gasteiger partial charge in [-0.05, 0) is 31.6 Å². The highest BCUT2D eigenvalue weighted by Crippen LogP contribution is 2.29. The molecule has 84 valence electrons. The molecule has 0 aromatic rings. The van der Waals surface area contributed by atoms with E-state index in [0.29, 0.717) is 6.10 Å². The van der Waals surface area contributed by atoms with Crippen molar-refractivity contribution in [3.63, 3.8) is 0 Å². The first-order valence-electron chi connectivity index (χ1n) is 6.06. The van der Waals surface area contributed by atoms with Crippen LogP contribution in [0.3, 0.4) is 0 Å². The molecule has 0 spiro atoms. The minimum atomic E-state index is 0.573. The first-order valence-corrected chi connectivity index (χ1v) is 7.18. The summed E-state index contributed by atoms with van der Waals surface area (Å²) < 4.78 is 5.97. The molecular formula is C12H23BrO. The molecule has 0 aromatic heterocycles. The van der Waals surface area contributed by atoms with Crippen molar-refractivity contribution in [3.8, 4) is 0 Å². The van der Waals surface area contributed by atoms with Crippen LogP contribution in [-0.4, -0.2) is 18.0 Å². The van der Waals surface area contributed by atoms with Gasteiger partial charge in [0.2, 0.25) is 0 Å². The summed E-state index contributed by atoms with van der Waals surface area (Å²) in [6.45, 7) is 3.26. The van der Waals surface area contributed by atoms with Crippen molar-refractivity contribution in [1.82, 2.24) is 0 Å². The average Bonchev–Trinajstić information content (AvgIpc) is 2.25. The Morgan fingerprint density at radius 2 is 2.00 bits per heavy atom. The van der Waals surface area contributed by atoms with E-state index in [0.717, 1.165) is 17.9 Å². The van der Waals surface area contributed by atoms with E-state index < -0.39 is 0 Å². The molecule has 1 aliphatic carbocycles. The molecule has 1 rings (SSSR count). The maximum atomic E-state index is 5.97. The third kappa shape index (κ3) is 4.31. The smallest absolute Gasteiger partial charge is 0.0603 e. The van der Waals surface area contributed by atoms with Crippen molar-refractivity contribution in [1.29, 1.82) is 0 Å². The molecule has 1 aliphatic rings. The van der Waals surface area contributed by atoms with E-state index in [2.05, 4.69) is 22.9 Å². The Hall–Kier alpha value is 0.440. The van der Waals surface area contributed by atoms with Crippen LogP contribution in [-0.2, 0) is 4.74 Å². The highest BCUT2D eigenvalue weighted by Gasteiger charge is 2.23. The van der Waals surface area contributed by atoms with E-state index in [9.17, 15) is 0 Å². The Kier molecular flexibility index (Phi) is 6.88. The van der Waals surface area contributed by atoms with Crippen molar-refractivity contribution < 1.29 is 4.74 Å². The standard InChI is InChI=1S/C12H23BrO/c1-2-11-7-3-4-8-12(11)14-10-6-5-9-13/h11-12H,2-10H2,1H3. The Labute approximate surface area is 96.7 Å². The molecule has 0 amide bonds. The lowest BCUT2D eigenvalue weighted by Crippen LogP contribution is -2.27. The fourth-order valence-electron chi connectivity index (χ4n) is 2.29. The number of alkyl halides is 1. The van der Waals surface area contributed by atoms with Gasteiger partial charge in [-0.3, -0.25) is 0 Å². The number of halogens is 1. The molecule has 0 N–H and O–H groups in total. The first kappa shape index (κ1) is 12.5. The zero-order valence-corrected chi connectivity index (χ0v) is 10.9. The minimum absolute atomic E-state index is 0.573. The van der Waals surface area contributed by atoms with Gasteiger partial charge in [0.15, 0.2) is 0 Å². The SMILES string of the molecule is CCC1CCCCC1OCCCCBr. The number of unbranched alkanes of at least 4 members (excludes halogenated alkanes) is 1. The van der Waals surface area contributed by atoms with Crippen molar-refractivity contribution in [2.45, 2.75) is 58.0 Å². The second kappa shape index (κ2) is 7.70. The number of hydrogen-bond acceptors (Lipinski definition) is 1. The first-order chi connectivity index (χ1) is 6.88. The van der Waals surface area contributed by atoms with Gasteiger partial charge in [-0.1, -0.05) is 42.1 Å². The lowest BCUT2D eigenvalue weighted by molar-refractivity contribution is -0.0129. The lowest BCUT2D eigenvalue weighted by Gasteiger charge is -2.30. The predicted molar refractivity (Wildman–Crippen MR) is 65.0 cm³/mol. The van der Waals surface area contributed by atoms with Crippen LogP contribution in [0.1, 0.15) is 51.9 Å². The van der Waals surface area contributed by atoms with E-state index in [-0.39, 0.29) is 0 Å². The van der Waals surface area contributed by atoms with Gasteiger partial charge in [0.1, 0.15) is 0 Å². The summed E-state index contributed by atoms with van der Waals surface area (Å²) in [5.41, 5.74) is 0. The van der Waals surface area contributed by atoms with Crippen LogP contribution in [0.2, 0.25) is 0 Å². The quantitative estimate of drug-likeness (QED) is 0.516. The van der Waals surface area contributed by atoms with Crippen LogP contribution < -0.4 is 0 Å². The van der Waals surface area contributed by atoms with E-state index >= 15 is 0 Å². The molecule has 2 atom stereocenters. The van der Waals surface area contributed by atoms with Gasteiger partial charge in [0.05, 0.1) is 6.10 Å². The summed E-state index contributed by atoms with van der Waals surface area (Å²) in [4.78, 5) is 0. The Morgan fingerprint density at radius 1 is 1.21 bits per heavy atom. The third-order valence-corrected chi connectivity index (χ3v) is 3.78. The molecule has 1 nitrogen and oxygen atoms in total. The maximum absolute atomic E-state index is 5.97. The molecule has 0 bridgehead atoms. The molecule has 14 heavy (non-hydrogen) atoms. The van der Waals surface area contributed by atoms with E-state index in [1.807, 2.05) is 0 Å². The zero-order chi connectivity index (χ0) is 10.2.